The van der Waals surface area contributed by atoms with Gasteiger partial charge in [-0.15, -0.1) is 0 Å². The third-order valence-corrected chi connectivity index (χ3v) is 6.27. The van der Waals surface area contributed by atoms with E-state index in [4.69, 9.17) is 0 Å². The zero-order valence-electron chi connectivity index (χ0n) is 18.8. The van der Waals surface area contributed by atoms with Gasteiger partial charge in [0.15, 0.2) is 0 Å². The Hall–Kier alpha value is -2.96. The second kappa shape index (κ2) is 9.04. The number of anilines is 1. The van der Waals surface area contributed by atoms with Crippen LogP contribution in [0.4, 0.5) is 10.1 Å². The number of benzene rings is 1. The van der Waals surface area contributed by atoms with E-state index in [0.717, 1.165) is 25.7 Å². The van der Waals surface area contributed by atoms with Crippen LogP contribution in [0.15, 0.2) is 18.2 Å². The summed E-state index contributed by atoms with van der Waals surface area (Å²) < 4.78 is 15.1. The van der Waals surface area contributed by atoms with Gasteiger partial charge in [-0.2, -0.15) is 0 Å². The van der Waals surface area contributed by atoms with Crippen molar-refractivity contribution < 1.29 is 18.8 Å². The molecule has 2 N–H and O–H groups in total. The standard InChI is InChI=1S/C24H30FN3O3/c1-13-7-6-8-17(11-13)27-24(31)22(29)21-15(3)20(16(4)28(21)5)23(30)26-18-9-10-19(25)14(2)12-18/h9-10,12-13,17H,6-8,11H2,1-5H3,(H,26,30)(H,27,31)/t13-,17+/m0/s1. The maximum atomic E-state index is 13.5. The number of carbonyl (C=O) groups excluding carboxylic acids is 3. The van der Waals surface area contributed by atoms with Gasteiger partial charge in [0.25, 0.3) is 17.6 Å². The molecule has 2 amide bonds. The van der Waals surface area contributed by atoms with E-state index in [2.05, 4.69) is 17.6 Å². The zero-order chi connectivity index (χ0) is 22.9. The number of rotatable bonds is 5. The minimum absolute atomic E-state index is 0.00589. The van der Waals surface area contributed by atoms with Gasteiger partial charge in [0.1, 0.15) is 5.82 Å². The van der Waals surface area contributed by atoms with E-state index in [1.165, 1.54) is 12.1 Å². The molecule has 6 nitrogen and oxygen atoms in total. The van der Waals surface area contributed by atoms with Crippen molar-refractivity contribution in [1.82, 2.24) is 9.88 Å². The largest absolute Gasteiger partial charge is 0.346 e. The number of aromatic nitrogens is 1. The Balaban J connectivity index is 1.81. The molecule has 7 heteroatoms. The molecule has 1 fully saturated rings. The van der Waals surface area contributed by atoms with Gasteiger partial charge >= 0.3 is 0 Å². The first-order valence-corrected chi connectivity index (χ1v) is 10.7. The average molecular weight is 428 g/mol. The third-order valence-electron chi connectivity index (χ3n) is 6.27. The molecule has 2 atom stereocenters. The van der Waals surface area contributed by atoms with Crippen LogP contribution in [-0.4, -0.2) is 28.2 Å². The minimum Gasteiger partial charge on any atom is -0.346 e. The SMILES string of the molecule is Cc1cc(NC(=O)c2c(C)c(C(=O)C(=O)N[C@@H]3CCC[C@H](C)C3)n(C)c2C)ccc1F. The molecule has 0 unspecified atom stereocenters. The summed E-state index contributed by atoms with van der Waals surface area (Å²) in [6, 6.07) is 4.33. The summed E-state index contributed by atoms with van der Waals surface area (Å²) in [5, 5.41) is 5.63. The van der Waals surface area contributed by atoms with Crippen LogP contribution >= 0.6 is 0 Å². The van der Waals surface area contributed by atoms with Gasteiger partial charge in [0.05, 0.1) is 11.3 Å². The number of Topliss-reactive ketones (excluding diaryl/α,β-unsaturated/α-hetero) is 1. The Morgan fingerprint density at radius 1 is 1.13 bits per heavy atom. The van der Waals surface area contributed by atoms with Crippen molar-refractivity contribution in [3.63, 3.8) is 0 Å². The van der Waals surface area contributed by atoms with Gasteiger partial charge < -0.3 is 15.2 Å². The number of halogens is 1. The molecule has 3 rings (SSSR count). The molecule has 1 heterocycles. The molecule has 0 spiro atoms. The monoisotopic (exact) mass is 427 g/mol. The molecule has 1 aliphatic carbocycles. The highest BCUT2D eigenvalue weighted by molar-refractivity contribution is 6.43. The lowest BCUT2D eigenvalue weighted by Crippen LogP contribution is -2.42. The van der Waals surface area contributed by atoms with Crippen molar-refractivity contribution in [2.24, 2.45) is 13.0 Å². The van der Waals surface area contributed by atoms with Crippen LogP contribution in [0.1, 0.15) is 70.3 Å². The quantitative estimate of drug-likeness (QED) is 0.554. The fraction of sp³-hybridized carbons (Fsp3) is 0.458. The highest BCUT2D eigenvalue weighted by Gasteiger charge is 2.30. The molecule has 0 aliphatic heterocycles. The summed E-state index contributed by atoms with van der Waals surface area (Å²) >= 11 is 0. The number of nitrogens with one attached hydrogen (secondary N) is 2. The molecular formula is C24H30FN3O3. The second-order valence-electron chi connectivity index (χ2n) is 8.68. The molecule has 2 aromatic rings. The molecule has 1 aromatic carbocycles. The number of amides is 2. The van der Waals surface area contributed by atoms with Crippen LogP contribution < -0.4 is 10.6 Å². The van der Waals surface area contributed by atoms with Crippen LogP contribution in [0.2, 0.25) is 0 Å². The molecular weight excluding hydrogens is 397 g/mol. The maximum Gasteiger partial charge on any atom is 0.294 e. The molecule has 31 heavy (non-hydrogen) atoms. The minimum atomic E-state index is -0.641. The van der Waals surface area contributed by atoms with E-state index >= 15 is 0 Å². The molecule has 1 aromatic heterocycles. The van der Waals surface area contributed by atoms with Gasteiger partial charge in [-0.3, -0.25) is 14.4 Å². The first-order chi connectivity index (χ1) is 14.6. The fourth-order valence-electron chi connectivity index (χ4n) is 4.47. The summed E-state index contributed by atoms with van der Waals surface area (Å²) in [5.41, 5.74) is 2.46. The Labute approximate surface area is 182 Å². The predicted molar refractivity (Wildman–Crippen MR) is 118 cm³/mol. The lowest BCUT2D eigenvalue weighted by atomic mass is 9.87. The van der Waals surface area contributed by atoms with E-state index in [9.17, 15) is 18.8 Å². The number of carbonyl (C=O) groups is 3. The number of hydrogen-bond acceptors (Lipinski definition) is 3. The Morgan fingerprint density at radius 2 is 1.84 bits per heavy atom. The van der Waals surface area contributed by atoms with Crippen molar-refractivity contribution in [2.75, 3.05) is 5.32 Å². The highest BCUT2D eigenvalue weighted by Crippen LogP contribution is 2.25. The first-order valence-electron chi connectivity index (χ1n) is 10.7. The van der Waals surface area contributed by atoms with Crippen LogP contribution in [0.3, 0.4) is 0 Å². The number of aryl methyl sites for hydroxylation is 1. The lowest BCUT2D eigenvalue weighted by molar-refractivity contribution is -0.118. The van der Waals surface area contributed by atoms with Gasteiger partial charge in [-0.05, 0) is 68.9 Å². The molecule has 1 aliphatic rings. The van der Waals surface area contributed by atoms with Gasteiger partial charge in [-0.1, -0.05) is 19.8 Å². The van der Waals surface area contributed by atoms with Crippen LogP contribution in [-0.2, 0) is 11.8 Å². The smallest absolute Gasteiger partial charge is 0.294 e. The number of hydrogen-bond donors (Lipinski definition) is 2. The summed E-state index contributed by atoms with van der Waals surface area (Å²) in [4.78, 5) is 38.6. The molecule has 0 bridgehead atoms. The topological polar surface area (TPSA) is 80.2 Å². The third kappa shape index (κ3) is 4.70. The van der Waals surface area contributed by atoms with Gasteiger partial charge in [-0.25, -0.2) is 4.39 Å². The Morgan fingerprint density at radius 3 is 2.48 bits per heavy atom. The first kappa shape index (κ1) is 22.7. The van der Waals surface area contributed by atoms with Gasteiger partial charge in [0.2, 0.25) is 0 Å². The molecule has 0 radical (unpaired) electrons. The van der Waals surface area contributed by atoms with E-state index in [1.54, 1.807) is 38.5 Å². The summed E-state index contributed by atoms with van der Waals surface area (Å²) in [5.74, 6) is -1.51. The summed E-state index contributed by atoms with van der Waals surface area (Å²) in [7, 11) is 1.67. The second-order valence-corrected chi connectivity index (χ2v) is 8.68. The predicted octanol–water partition coefficient (Wildman–Crippen LogP) is 4.22. The molecule has 1 saturated carbocycles. The highest BCUT2D eigenvalue weighted by atomic mass is 19.1. The van der Waals surface area contributed by atoms with E-state index in [-0.39, 0.29) is 17.6 Å². The van der Waals surface area contributed by atoms with Gasteiger partial charge in [0, 0.05) is 24.5 Å². The molecule has 0 saturated heterocycles. The Bertz CT molecular complexity index is 1040. The molecule has 166 valence electrons. The Kier molecular flexibility index (Phi) is 6.62. The lowest BCUT2D eigenvalue weighted by Gasteiger charge is -2.27. The van der Waals surface area contributed by atoms with E-state index < -0.39 is 17.6 Å². The van der Waals surface area contributed by atoms with Crippen molar-refractivity contribution in [3.05, 3.63) is 52.1 Å². The van der Waals surface area contributed by atoms with Crippen molar-refractivity contribution in [3.8, 4) is 0 Å². The average Bonchev–Trinajstić information content (AvgIpc) is 2.92. The fourth-order valence-corrected chi connectivity index (χ4v) is 4.47. The van der Waals surface area contributed by atoms with Crippen LogP contribution in [0.5, 0.6) is 0 Å². The van der Waals surface area contributed by atoms with Crippen LogP contribution in [0, 0.1) is 32.5 Å². The van der Waals surface area contributed by atoms with Crippen molar-refractivity contribution >= 4 is 23.3 Å². The van der Waals surface area contributed by atoms with Crippen molar-refractivity contribution in [2.45, 2.75) is 59.4 Å². The summed E-state index contributed by atoms with van der Waals surface area (Å²) in [6.07, 6.45) is 3.92. The maximum absolute atomic E-state index is 13.5. The number of nitrogens with zero attached hydrogens (tertiary/aromatic N) is 1. The van der Waals surface area contributed by atoms with Crippen LogP contribution in [0.25, 0.3) is 0 Å². The van der Waals surface area contributed by atoms with E-state index in [0.29, 0.717) is 34.0 Å². The summed E-state index contributed by atoms with van der Waals surface area (Å²) in [6.45, 7) is 7.17. The zero-order valence-corrected chi connectivity index (χ0v) is 18.8. The van der Waals surface area contributed by atoms with E-state index in [1.807, 2.05) is 0 Å². The number of ketones is 1. The van der Waals surface area contributed by atoms with Crippen molar-refractivity contribution in [1.29, 1.82) is 0 Å². The normalized spacial score (nSPS) is 18.5.